The van der Waals surface area contributed by atoms with Gasteiger partial charge in [-0.3, -0.25) is 4.79 Å². The highest BCUT2D eigenvalue weighted by Gasteiger charge is 2.28. The Morgan fingerprint density at radius 3 is 2.45 bits per heavy atom. The van der Waals surface area contributed by atoms with Crippen molar-refractivity contribution >= 4 is 27.6 Å². The lowest BCUT2D eigenvalue weighted by Crippen LogP contribution is -2.32. The molecule has 0 fully saturated rings. The number of carboxylic acids is 1. The van der Waals surface area contributed by atoms with Gasteiger partial charge in [0.15, 0.2) is 11.5 Å². The van der Waals surface area contributed by atoms with Crippen LogP contribution in [0.25, 0.3) is 0 Å². The summed E-state index contributed by atoms with van der Waals surface area (Å²) in [5, 5.41) is 8.62. The quantitative estimate of drug-likeness (QED) is 0.882. The summed E-state index contributed by atoms with van der Waals surface area (Å²) in [5.41, 5.74) is 0. The number of ether oxygens (including phenoxy) is 2. The molecule has 9 heteroatoms. The van der Waals surface area contributed by atoms with Crippen LogP contribution in [-0.2, 0) is 14.8 Å². The summed E-state index contributed by atoms with van der Waals surface area (Å²) in [5.74, 6) is -0.631. The van der Waals surface area contributed by atoms with Crippen molar-refractivity contribution in [2.45, 2.75) is 4.90 Å². The van der Waals surface area contributed by atoms with Gasteiger partial charge in [0.2, 0.25) is 10.0 Å². The van der Waals surface area contributed by atoms with Crippen molar-refractivity contribution < 1.29 is 27.8 Å². The molecule has 0 saturated heterocycles. The molecule has 0 spiro atoms. The van der Waals surface area contributed by atoms with E-state index in [0.717, 1.165) is 7.05 Å². The van der Waals surface area contributed by atoms with Gasteiger partial charge in [-0.05, 0) is 0 Å². The number of likely N-dealkylation sites (N-methyl/N-ethyl adjacent to an activating group) is 1. The maximum absolute atomic E-state index is 12.3. The molecule has 1 aliphatic heterocycles. The van der Waals surface area contributed by atoms with E-state index in [0.29, 0.717) is 23.3 Å². The van der Waals surface area contributed by atoms with Gasteiger partial charge in [-0.25, -0.2) is 8.42 Å². The predicted molar refractivity (Wildman–Crippen MR) is 69.9 cm³/mol. The fourth-order valence-electron chi connectivity index (χ4n) is 1.69. The standard InChI is InChI=1S/C11H12ClNO6S/c1-13(6-11(14)15)20(16,17)10-5-9-8(4-7(10)12)18-2-3-19-9/h4-5H,2-3,6H2,1H3,(H,14,15). The Morgan fingerprint density at radius 1 is 1.35 bits per heavy atom. The number of sulfonamides is 1. The molecule has 2 rings (SSSR count). The molecule has 0 radical (unpaired) electrons. The summed E-state index contributed by atoms with van der Waals surface area (Å²) in [7, 11) is -2.85. The molecule has 0 aliphatic carbocycles. The lowest BCUT2D eigenvalue weighted by atomic mass is 10.3. The fraction of sp³-hybridized carbons (Fsp3) is 0.364. The van der Waals surface area contributed by atoms with E-state index in [1.165, 1.54) is 12.1 Å². The van der Waals surface area contributed by atoms with Crippen molar-refractivity contribution in [3.8, 4) is 11.5 Å². The third kappa shape index (κ3) is 2.82. The van der Waals surface area contributed by atoms with Crippen molar-refractivity contribution in [2.24, 2.45) is 0 Å². The van der Waals surface area contributed by atoms with Crippen LogP contribution in [0.1, 0.15) is 0 Å². The van der Waals surface area contributed by atoms with Gasteiger partial charge < -0.3 is 14.6 Å². The van der Waals surface area contributed by atoms with Crippen molar-refractivity contribution in [3.05, 3.63) is 17.2 Å². The second-order valence-corrected chi connectivity index (χ2v) is 6.50. The predicted octanol–water partition coefficient (Wildman–Crippen LogP) is 0.816. The number of hydrogen-bond donors (Lipinski definition) is 1. The first-order valence-electron chi connectivity index (χ1n) is 5.59. The van der Waals surface area contributed by atoms with E-state index >= 15 is 0 Å². The van der Waals surface area contributed by atoms with E-state index in [9.17, 15) is 13.2 Å². The van der Waals surface area contributed by atoms with Gasteiger partial charge in [-0.1, -0.05) is 11.6 Å². The number of nitrogens with zero attached hydrogens (tertiary/aromatic N) is 1. The number of aliphatic carboxylic acids is 1. The van der Waals surface area contributed by atoms with E-state index in [-0.39, 0.29) is 15.7 Å². The Hall–Kier alpha value is -1.51. The lowest BCUT2D eigenvalue weighted by Gasteiger charge is -2.21. The molecule has 1 N–H and O–H groups in total. The molecule has 1 aromatic rings. The summed E-state index contributed by atoms with van der Waals surface area (Å²) in [6.07, 6.45) is 0. The molecule has 0 bridgehead atoms. The van der Waals surface area contributed by atoms with Crippen molar-refractivity contribution in [1.29, 1.82) is 0 Å². The van der Waals surface area contributed by atoms with Gasteiger partial charge in [-0.15, -0.1) is 0 Å². The number of benzene rings is 1. The second-order valence-electron chi connectivity index (χ2n) is 4.08. The third-order valence-electron chi connectivity index (χ3n) is 2.64. The van der Waals surface area contributed by atoms with E-state index in [1.807, 2.05) is 0 Å². The molecule has 20 heavy (non-hydrogen) atoms. The van der Waals surface area contributed by atoms with Gasteiger partial charge in [0.1, 0.15) is 24.7 Å². The molecule has 110 valence electrons. The SMILES string of the molecule is CN(CC(=O)O)S(=O)(=O)c1cc2c(cc1Cl)OCCO2. The van der Waals surface area contributed by atoms with Crippen LogP contribution < -0.4 is 9.47 Å². The average molecular weight is 322 g/mol. The Labute approximate surface area is 120 Å². The molecule has 1 heterocycles. The molecular formula is C11H12ClNO6S. The van der Waals surface area contributed by atoms with Gasteiger partial charge in [0.25, 0.3) is 0 Å². The topological polar surface area (TPSA) is 93.1 Å². The van der Waals surface area contributed by atoms with Crippen LogP contribution in [0.3, 0.4) is 0 Å². The summed E-state index contributed by atoms with van der Waals surface area (Å²) >= 11 is 5.94. The summed E-state index contributed by atoms with van der Waals surface area (Å²) in [6.45, 7) is 0.000528. The van der Waals surface area contributed by atoms with Crippen LogP contribution in [-0.4, -0.2) is 50.6 Å². The van der Waals surface area contributed by atoms with E-state index in [1.54, 1.807) is 0 Å². The molecule has 1 aliphatic rings. The lowest BCUT2D eigenvalue weighted by molar-refractivity contribution is -0.137. The first kappa shape index (κ1) is 14.9. The van der Waals surface area contributed by atoms with E-state index in [2.05, 4.69) is 0 Å². The molecule has 0 aromatic heterocycles. The van der Waals surface area contributed by atoms with Gasteiger partial charge in [-0.2, -0.15) is 4.31 Å². The Bertz CT molecular complexity index is 645. The smallest absolute Gasteiger partial charge is 0.318 e. The van der Waals surface area contributed by atoms with Gasteiger partial charge in [0.05, 0.1) is 5.02 Å². The van der Waals surface area contributed by atoms with Crippen LogP contribution in [0.15, 0.2) is 17.0 Å². The number of carbonyl (C=O) groups is 1. The van der Waals surface area contributed by atoms with Crippen LogP contribution >= 0.6 is 11.6 Å². The van der Waals surface area contributed by atoms with Crippen molar-refractivity contribution in [1.82, 2.24) is 4.31 Å². The maximum atomic E-state index is 12.3. The molecule has 0 saturated carbocycles. The van der Waals surface area contributed by atoms with Crippen LogP contribution in [0.5, 0.6) is 11.5 Å². The number of hydrogen-bond acceptors (Lipinski definition) is 5. The fourth-order valence-corrected chi connectivity index (χ4v) is 3.31. The Kier molecular flexibility index (Phi) is 4.07. The van der Waals surface area contributed by atoms with Crippen LogP contribution in [0.4, 0.5) is 0 Å². The minimum atomic E-state index is -4.01. The molecule has 7 nitrogen and oxygen atoms in total. The number of halogens is 1. The van der Waals surface area contributed by atoms with Crippen molar-refractivity contribution in [3.63, 3.8) is 0 Å². The monoisotopic (exact) mass is 321 g/mol. The van der Waals surface area contributed by atoms with Gasteiger partial charge >= 0.3 is 5.97 Å². The maximum Gasteiger partial charge on any atom is 0.318 e. The third-order valence-corrected chi connectivity index (χ3v) is 4.91. The second kappa shape index (κ2) is 5.47. The molecule has 0 atom stereocenters. The highest BCUT2D eigenvalue weighted by atomic mass is 35.5. The first-order chi connectivity index (χ1) is 9.32. The number of rotatable bonds is 4. The van der Waals surface area contributed by atoms with Gasteiger partial charge in [0, 0.05) is 19.2 Å². The zero-order chi connectivity index (χ0) is 14.9. The highest BCUT2D eigenvalue weighted by molar-refractivity contribution is 7.89. The average Bonchev–Trinajstić information content (AvgIpc) is 2.36. The van der Waals surface area contributed by atoms with E-state index < -0.39 is 22.5 Å². The minimum absolute atomic E-state index is 0.0495. The normalized spacial score (nSPS) is 14.3. The summed E-state index contributed by atoms with van der Waals surface area (Å²) in [4.78, 5) is 10.4. The largest absolute Gasteiger partial charge is 0.486 e. The highest BCUT2D eigenvalue weighted by Crippen LogP contribution is 2.37. The number of fused-ring (bicyclic) bond motifs is 1. The summed E-state index contributed by atoms with van der Waals surface area (Å²) < 4.78 is 35.8. The zero-order valence-corrected chi connectivity index (χ0v) is 12.1. The molecule has 1 aromatic carbocycles. The first-order valence-corrected chi connectivity index (χ1v) is 7.41. The molecule has 0 unspecified atom stereocenters. The van der Waals surface area contributed by atoms with Crippen LogP contribution in [0.2, 0.25) is 5.02 Å². The minimum Gasteiger partial charge on any atom is -0.486 e. The molecular weight excluding hydrogens is 310 g/mol. The Balaban J connectivity index is 2.44. The van der Waals surface area contributed by atoms with Crippen molar-refractivity contribution in [2.75, 3.05) is 26.8 Å². The Morgan fingerprint density at radius 2 is 1.90 bits per heavy atom. The summed E-state index contributed by atoms with van der Waals surface area (Å²) in [6, 6.07) is 2.59. The zero-order valence-electron chi connectivity index (χ0n) is 10.5. The number of carboxylic acid groups (broad SMARTS) is 1. The van der Waals surface area contributed by atoms with E-state index in [4.69, 9.17) is 26.2 Å². The van der Waals surface area contributed by atoms with Crippen LogP contribution in [0, 0.1) is 0 Å². The molecule has 0 amide bonds.